The molecule has 2 saturated heterocycles. The Morgan fingerprint density at radius 2 is 1.02 bits per heavy atom. The molecule has 11 nitrogen and oxygen atoms in total. The average Bonchev–Trinajstić information content (AvgIpc) is 3.21. The smallest absolute Gasteiger partial charge is 0.187 e. The van der Waals surface area contributed by atoms with E-state index in [9.17, 15) is 15.3 Å². The number of benzene rings is 4. The van der Waals surface area contributed by atoms with Gasteiger partial charge in [0.15, 0.2) is 12.6 Å². The molecule has 10 atom stereocenters. The van der Waals surface area contributed by atoms with Gasteiger partial charge in [0.2, 0.25) is 0 Å². The summed E-state index contributed by atoms with van der Waals surface area (Å²) in [5, 5.41) is 33.2. The summed E-state index contributed by atoms with van der Waals surface area (Å²) in [6.45, 7) is 4.14. The lowest BCUT2D eigenvalue weighted by Crippen LogP contribution is -2.66. The van der Waals surface area contributed by atoms with E-state index in [4.69, 9.17) is 37.9 Å². The number of aliphatic hydroxyl groups is 3. The van der Waals surface area contributed by atoms with Crippen LogP contribution in [0.2, 0.25) is 0 Å². The highest BCUT2D eigenvalue weighted by atomic mass is 16.7. The monoisotopic (exact) mass is 742 g/mol. The number of hydrogen-bond acceptors (Lipinski definition) is 11. The van der Waals surface area contributed by atoms with Crippen LogP contribution in [0.1, 0.15) is 22.3 Å². The second-order valence-corrected chi connectivity index (χ2v) is 13.3. The van der Waals surface area contributed by atoms with Gasteiger partial charge in [-0.3, -0.25) is 0 Å². The Morgan fingerprint density at radius 3 is 1.52 bits per heavy atom. The largest absolute Gasteiger partial charge is 0.394 e. The van der Waals surface area contributed by atoms with Crippen molar-refractivity contribution in [1.82, 2.24) is 0 Å². The fourth-order valence-corrected chi connectivity index (χ4v) is 6.58. The average molecular weight is 743 g/mol. The molecule has 2 fully saturated rings. The fourth-order valence-electron chi connectivity index (χ4n) is 6.58. The van der Waals surface area contributed by atoms with Crippen LogP contribution < -0.4 is 0 Å². The van der Waals surface area contributed by atoms with Gasteiger partial charge in [-0.1, -0.05) is 127 Å². The molecule has 0 spiro atoms. The number of ether oxygens (including phenoxy) is 8. The van der Waals surface area contributed by atoms with Gasteiger partial charge in [-0.05, 0) is 22.3 Å². The van der Waals surface area contributed by atoms with E-state index in [1.54, 1.807) is 6.08 Å². The van der Waals surface area contributed by atoms with E-state index < -0.39 is 68.0 Å². The van der Waals surface area contributed by atoms with Gasteiger partial charge in [0.1, 0.15) is 48.8 Å². The molecule has 54 heavy (non-hydrogen) atoms. The summed E-state index contributed by atoms with van der Waals surface area (Å²) >= 11 is 0. The predicted octanol–water partition coefficient (Wildman–Crippen LogP) is 4.71. The third-order valence-electron chi connectivity index (χ3n) is 9.36. The molecule has 0 aliphatic carbocycles. The first kappa shape index (κ1) is 39.9. The first-order chi connectivity index (χ1) is 26.5. The van der Waals surface area contributed by atoms with Crippen LogP contribution in [0.15, 0.2) is 134 Å². The Balaban J connectivity index is 1.33. The molecule has 4 aromatic carbocycles. The highest BCUT2D eigenvalue weighted by Gasteiger charge is 2.53. The molecule has 0 unspecified atom stereocenters. The normalized spacial score (nSPS) is 28.4. The highest BCUT2D eigenvalue weighted by molar-refractivity contribution is 5.16. The van der Waals surface area contributed by atoms with Crippen LogP contribution in [0, 0.1) is 0 Å². The van der Waals surface area contributed by atoms with Crippen LogP contribution in [-0.2, 0) is 64.3 Å². The van der Waals surface area contributed by atoms with Gasteiger partial charge >= 0.3 is 0 Å². The van der Waals surface area contributed by atoms with Crippen molar-refractivity contribution in [2.45, 2.75) is 87.8 Å². The minimum Gasteiger partial charge on any atom is -0.394 e. The topological polar surface area (TPSA) is 135 Å². The molecule has 0 bridgehead atoms. The van der Waals surface area contributed by atoms with E-state index in [2.05, 4.69) is 6.58 Å². The summed E-state index contributed by atoms with van der Waals surface area (Å²) in [6.07, 6.45) is -9.12. The zero-order chi connectivity index (χ0) is 37.5. The third-order valence-corrected chi connectivity index (χ3v) is 9.36. The summed E-state index contributed by atoms with van der Waals surface area (Å²) in [5.41, 5.74) is 3.63. The van der Waals surface area contributed by atoms with Crippen molar-refractivity contribution < 1.29 is 53.2 Å². The highest BCUT2D eigenvalue weighted by Crippen LogP contribution is 2.34. The summed E-state index contributed by atoms with van der Waals surface area (Å²) < 4.78 is 51.1. The van der Waals surface area contributed by atoms with E-state index in [1.807, 2.05) is 121 Å². The van der Waals surface area contributed by atoms with Crippen molar-refractivity contribution in [3.8, 4) is 0 Å². The van der Waals surface area contributed by atoms with Crippen molar-refractivity contribution in [2.75, 3.05) is 19.8 Å². The Labute approximate surface area is 316 Å². The molecule has 288 valence electrons. The third kappa shape index (κ3) is 10.9. The van der Waals surface area contributed by atoms with E-state index in [1.165, 1.54) is 0 Å². The van der Waals surface area contributed by atoms with Gasteiger partial charge in [-0.2, -0.15) is 0 Å². The van der Waals surface area contributed by atoms with Crippen LogP contribution in [0.5, 0.6) is 0 Å². The Hall–Kier alpha value is -3.82. The molecule has 0 saturated carbocycles. The van der Waals surface area contributed by atoms with Crippen LogP contribution in [-0.4, -0.2) is 96.6 Å². The molecular weight excluding hydrogens is 692 g/mol. The summed E-state index contributed by atoms with van der Waals surface area (Å²) in [4.78, 5) is 0. The Kier molecular flexibility index (Phi) is 15.3. The van der Waals surface area contributed by atoms with Crippen molar-refractivity contribution in [3.05, 3.63) is 156 Å². The van der Waals surface area contributed by atoms with Crippen LogP contribution in [0.25, 0.3) is 0 Å². The van der Waals surface area contributed by atoms with E-state index in [-0.39, 0.29) is 39.6 Å². The lowest BCUT2D eigenvalue weighted by atomic mass is 9.96. The van der Waals surface area contributed by atoms with Crippen LogP contribution in [0.3, 0.4) is 0 Å². The van der Waals surface area contributed by atoms with E-state index >= 15 is 0 Å². The quantitative estimate of drug-likeness (QED) is 0.115. The van der Waals surface area contributed by atoms with Gasteiger partial charge < -0.3 is 53.2 Å². The zero-order valence-corrected chi connectivity index (χ0v) is 30.2. The maximum absolute atomic E-state index is 11.6. The van der Waals surface area contributed by atoms with E-state index in [0.29, 0.717) is 0 Å². The molecule has 3 N–H and O–H groups in total. The molecule has 6 rings (SSSR count). The molecule has 2 aliphatic heterocycles. The van der Waals surface area contributed by atoms with Crippen LogP contribution >= 0.6 is 0 Å². The second kappa shape index (κ2) is 20.7. The lowest BCUT2D eigenvalue weighted by Gasteiger charge is -2.48. The SMILES string of the molecule is C=CCO[C@H]1[C@@H](O)[C@@H](CO)O[C@@H](O[C@H]2[C@H](OCc3ccccc3)[C@@H](OCc3ccccc3)[C@H](O)O[C@@H]2COCc2ccccc2)[C@@H]1OCc1ccccc1. The van der Waals surface area contributed by atoms with Crippen molar-refractivity contribution in [3.63, 3.8) is 0 Å². The molecular formula is C43H50O11. The van der Waals surface area contributed by atoms with Crippen molar-refractivity contribution in [2.24, 2.45) is 0 Å². The second-order valence-electron chi connectivity index (χ2n) is 13.3. The summed E-state index contributed by atoms with van der Waals surface area (Å²) in [5.74, 6) is 0. The number of rotatable bonds is 19. The molecule has 4 aromatic rings. The molecule has 11 heteroatoms. The number of hydrogen-bond donors (Lipinski definition) is 3. The maximum Gasteiger partial charge on any atom is 0.187 e. The molecule has 0 radical (unpaired) electrons. The minimum atomic E-state index is -1.41. The van der Waals surface area contributed by atoms with Gasteiger partial charge in [-0.15, -0.1) is 6.58 Å². The summed E-state index contributed by atoms with van der Waals surface area (Å²) in [6, 6.07) is 38.5. The predicted molar refractivity (Wildman–Crippen MR) is 199 cm³/mol. The zero-order valence-electron chi connectivity index (χ0n) is 30.2. The van der Waals surface area contributed by atoms with Gasteiger partial charge in [-0.25, -0.2) is 0 Å². The van der Waals surface area contributed by atoms with Gasteiger partial charge in [0.05, 0.1) is 46.2 Å². The van der Waals surface area contributed by atoms with E-state index in [0.717, 1.165) is 22.3 Å². The fraction of sp³-hybridized carbons (Fsp3) is 0.395. The number of aliphatic hydroxyl groups excluding tert-OH is 3. The van der Waals surface area contributed by atoms with Gasteiger partial charge in [0.25, 0.3) is 0 Å². The standard InChI is InChI=1S/C43H50O11/c1-2-23-48-38-36(45)34(24-44)53-43(41(38)51-28-33-21-13-6-14-22-33)54-37-35(29-47-25-30-15-7-3-8-16-30)52-42(46)40(50-27-32-19-11-5-12-20-32)39(37)49-26-31-17-9-4-10-18-31/h2-22,34-46H,1,23-29H2/t34-,35-,36+,37-,38+,39+,40-,41-,42-,43+/m1/s1. The van der Waals surface area contributed by atoms with Gasteiger partial charge in [0, 0.05) is 0 Å². The molecule has 2 heterocycles. The summed E-state index contributed by atoms with van der Waals surface area (Å²) in [7, 11) is 0. The minimum absolute atomic E-state index is 0.0118. The molecule has 2 aliphatic rings. The molecule has 0 amide bonds. The van der Waals surface area contributed by atoms with Crippen LogP contribution in [0.4, 0.5) is 0 Å². The maximum atomic E-state index is 11.6. The lowest BCUT2D eigenvalue weighted by molar-refractivity contribution is -0.370. The van der Waals surface area contributed by atoms with Crippen molar-refractivity contribution in [1.29, 1.82) is 0 Å². The van der Waals surface area contributed by atoms with Crippen molar-refractivity contribution >= 4 is 0 Å². The first-order valence-electron chi connectivity index (χ1n) is 18.3. The Bertz CT molecular complexity index is 1630. The molecule has 0 aromatic heterocycles. The first-order valence-corrected chi connectivity index (χ1v) is 18.3. The Morgan fingerprint density at radius 1 is 0.537 bits per heavy atom.